The summed E-state index contributed by atoms with van der Waals surface area (Å²) in [5.74, 6) is -0.297. The normalized spacial score (nSPS) is 11.5. The third-order valence-electron chi connectivity index (χ3n) is 4.48. The van der Waals surface area contributed by atoms with Crippen molar-refractivity contribution in [1.82, 2.24) is 4.90 Å². The van der Waals surface area contributed by atoms with E-state index in [9.17, 15) is 28.1 Å². The highest BCUT2D eigenvalue weighted by Crippen LogP contribution is 2.28. The minimum Gasteiger partial charge on any atom is -0.497 e. The summed E-state index contributed by atoms with van der Waals surface area (Å²) in [5, 5.41) is 11.7. The Balaban J connectivity index is 1.87. The smallest absolute Gasteiger partial charge is 0.406 e. The molecule has 0 aliphatic rings. The van der Waals surface area contributed by atoms with Gasteiger partial charge in [0.05, 0.1) is 31.3 Å². The Morgan fingerprint density at radius 2 is 1.93 bits per heavy atom. The van der Waals surface area contributed by atoms with Crippen LogP contribution in [0, 0.1) is 10.1 Å². The lowest BCUT2D eigenvalue weighted by molar-refractivity contribution is -0.385. The van der Waals surface area contributed by atoms with E-state index >= 15 is 0 Å². The van der Waals surface area contributed by atoms with Gasteiger partial charge in [0.25, 0.3) is 5.69 Å². The largest absolute Gasteiger partial charge is 0.497 e. The summed E-state index contributed by atoms with van der Waals surface area (Å²) < 4.78 is 49.7. The van der Waals surface area contributed by atoms with Crippen molar-refractivity contribution in [3.05, 3.63) is 70.0 Å². The van der Waals surface area contributed by atoms with Crippen LogP contribution in [-0.4, -0.2) is 35.6 Å². The van der Waals surface area contributed by atoms with Gasteiger partial charge in [-0.1, -0.05) is 18.2 Å². The van der Waals surface area contributed by atoms with Crippen LogP contribution >= 0.6 is 0 Å². The van der Waals surface area contributed by atoms with Gasteiger partial charge in [-0.15, -0.1) is 0 Å². The number of fused-ring (bicyclic) bond motifs is 1. The van der Waals surface area contributed by atoms with Crippen molar-refractivity contribution in [3.63, 3.8) is 0 Å². The molecule has 30 heavy (non-hydrogen) atoms. The Morgan fingerprint density at radius 1 is 1.20 bits per heavy atom. The molecule has 1 aromatic heterocycles. The van der Waals surface area contributed by atoms with E-state index in [2.05, 4.69) is 0 Å². The van der Waals surface area contributed by atoms with E-state index in [4.69, 9.17) is 9.15 Å². The number of halogens is 3. The van der Waals surface area contributed by atoms with E-state index in [0.29, 0.717) is 27.2 Å². The molecule has 0 radical (unpaired) electrons. The molecule has 0 saturated heterocycles. The van der Waals surface area contributed by atoms with E-state index in [1.807, 2.05) is 0 Å². The van der Waals surface area contributed by atoms with E-state index in [0.717, 1.165) is 0 Å². The first kappa shape index (κ1) is 21.2. The molecule has 0 spiro atoms. The SMILES string of the molecule is COc1ccc2c(CC(=O)N(Cc3ccccc3[N+](=O)[O-])CC(F)(F)F)coc2c1. The second-order valence-corrected chi connectivity index (χ2v) is 6.55. The number of nitro benzene ring substituents is 1. The molecule has 1 heterocycles. The molecule has 1 amide bonds. The predicted molar refractivity (Wildman–Crippen MR) is 101 cm³/mol. The lowest BCUT2D eigenvalue weighted by Gasteiger charge is -2.24. The van der Waals surface area contributed by atoms with Gasteiger partial charge in [0.1, 0.15) is 17.9 Å². The number of carbonyl (C=O) groups is 1. The van der Waals surface area contributed by atoms with Crippen LogP contribution < -0.4 is 4.74 Å². The minimum atomic E-state index is -4.66. The van der Waals surface area contributed by atoms with E-state index in [1.165, 1.54) is 37.6 Å². The first-order chi connectivity index (χ1) is 14.2. The second kappa shape index (κ2) is 8.44. The summed E-state index contributed by atoms with van der Waals surface area (Å²) in [7, 11) is 1.48. The third-order valence-corrected chi connectivity index (χ3v) is 4.48. The molecule has 0 N–H and O–H groups in total. The summed E-state index contributed by atoms with van der Waals surface area (Å²) in [6, 6.07) is 10.3. The summed E-state index contributed by atoms with van der Waals surface area (Å²) in [4.78, 5) is 23.8. The van der Waals surface area contributed by atoms with Gasteiger partial charge in [0, 0.05) is 28.6 Å². The van der Waals surface area contributed by atoms with E-state index in [-0.39, 0.29) is 17.7 Å². The minimum absolute atomic E-state index is 0.0156. The number of hydrogen-bond acceptors (Lipinski definition) is 5. The number of nitro groups is 1. The third kappa shape index (κ3) is 4.88. The van der Waals surface area contributed by atoms with Gasteiger partial charge in [0.15, 0.2) is 0 Å². The van der Waals surface area contributed by atoms with Crippen molar-refractivity contribution in [3.8, 4) is 5.75 Å². The van der Waals surface area contributed by atoms with Crippen molar-refractivity contribution in [2.24, 2.45) is 0 Å². The van der Waals surface area contributed by atoms with Crippen LogP contribution in [0.25, 0.3) is 11.0 Å². The van der Waals surface area contributed by atoms with Crippen molar-refractivity contribution in [2.75, 3.05) is 13.7 Å². The van der Waals surface area contributed by atoms with Crippen LogP contribution in [0.15, 0.2) is 53.1 Å². The molecular formula is C20H17F3N2O5. The number of carbonyl (C=O) groups excluding carboxylic acids is 1. The Kier molecular flexibility index (Phi) is 5.95. The highest BCUT2D eigenvalue weighted by molar-refractivity contribution is 5.88. The lowest BCUT2D eigenvalue weighted by atomic mass is 10.1. The predicted octanol–water partition coefficient (Wildman–Crippen LogP) is 4.48. The van der Waals surface area contributed by atoms with E-state index in [1.54, 1.807) is 18.2 Å². The summed E-state index contributed by atoms with van der Waals surface area (Å²) in [5.41, 5.74) is 0.505. The molecule has 3 aromatic rings. The number of methoxy groups -OCH3 is 1. The zero-order valence-corrected chi connectivity index (χ0v) is 15.8. The van der Waals surface area contributed by atoms with Crippen molar-refractivity contribution in [1.29, 1.82) is 0 Å². The molecule has 0 bridgehead atoms. The molecule has 7 nitrogen and oxygen atoms in total. The lowest BCUT2D eigenvalue weighted by Crippen LogP contribution is -2.39. The number of ether oxygens (including phenoxy) is 1. The number of amides is 1. The van der Waals surface area contributed by atoms with Crippen molar-refractivity contribution < 1.29 is 32.0 Å². The number of benzene rings is 2. The topological polar surface area (TPSA) is 85.8 Å². The molecule has 0 atom stereocenters. The molecular weight excluding hydrogens is 405 g/mol. The fraction of sp³-hybridized carbons (Fsp3) is 0.250. The molecule has 0 aliphatic heterocycles. The maximum Gasteiger partial charge on any atom is 0.406 e. The number of rotatable bonds is 7. The molecule has 10 heteroatoms. The first-order valence-electron chi connectivity index (χ1n) is 8.79. The Bertz CT molecular complexity index is 1080. The van der Waals surface area contributed by atoms with Gasteiger partial charge in [-0.2, -0.15) is 13.2 Å². The van der Waals surface area contributed by atoms with Crippen molar-refractivity contribution in [2.45, 2.75) is 19.1 Å². The maximum atomic E-state index is 13.1. The van der Waals surface area contributed by atoms with Crippen LogP contribution in [0.2, 0.25) is 0 Å². The number of furan rings is 1. The average Bonchev–Trinajstić information content (AvgIpc) is 3.08. The first-order valence-corrected chi connectivity index (χ1v) is 8.79. The summed E-state index contributed by atoms with van der Waals surface area (Å²) in [6.45, 7) is -2.07. The van der Waals surface area contributed by atoms with Gasteiger partial charge >= 0.3 is 6.18 Å². The van der Waals surface area contributed by atoms with Crippen LogP contribution in [0.5, 0.6) is 5.75 Å². The second-order valence-electron chi connectivity index (χ2n) is 6.55. The molecule has 0 saturated carbocycles. The summed E-state index contributed by atoms with van der Waals surface area (Å²) in [6.07, 6.45) is -3.71. The number of nitrogens with zero attached hydrogens (tertiary/aromatic N) is 2. The van der Waals surface area contributed by atoms with Gasteiger partial charge in [-0.05, 0) is 12.1 Å². The quantitative estimate of drug-likeness (QED) is 0.414. The average molecular weight is 422 g/mol. The number of alkyl halides is 3. The molecule has 3 rings (SSSR count). The Hall–Kier alpha value is -3.56. The molecule has 158 valence electrons. The Morgan fingerprint density at radius 3 is 2.60 bits per heavy atom. The highest BCUT2D eigenvalue weighted by Gasteiger charge is 2.34. The summed E-state index contributed by atoms with van der Waals surface area (Å²) >= 11 is 0. The number of hydrogen-bond donors (Lipinski definition) is 0. The molecule has 2 aromatic carbocycles. The standard InChI is InChI=1S/C20H17F3N2O5/c1-29-15-6-7-16-14(11-30-18(16)9-15)8-19(26)24(12-20(21,22)23)10-13-4-2-3-5-17(13)25(27)28/h2-7,9,11H,8,10,12H2,1H3. The zero-order chi connectivity index (χ0) is 21.9. The van der Waals surface area contributed by atoms with Crippen molar-refractivity contribution >= 4 is 22.6 Å². The van der Waals surface area contributed by atoms with Gasteiger partial charge in [0.2, 0.25) is 5.91 Å². The van der Waals surface area contributed by atoms with Crippen LogP contribution in [0.4, 0.5) is 18.9 Å². The number of para-hydroxylation sites is 1. The fourth-order valence-corrected chi connectivity index (χ4v) is 3.08. The van der Waals surface area contributed by atoms with Gasteiger partial charge in [-0.3, -0.25) is 14.9 Å². The monoisotopic (exact) mass is 422 g/mol. The van der Waals surface area contributed by atoms with Crippen LogP contribution in [0.3, 0.4) is 0 Å². The molecule has 0 fully saturated rings. The fourth-order valence-electron chi connectivity index (χ4n) is 3.08. The van der Waals surface area contributed by atoms with Gasteiger partial charge < -0.3 is 14.1 Å². The molecule has 0 unspecified atom stereocenters. The zero-order valence-electron chi connectivity index (χ0n) is 15.8. The maximum absolute atomic E-state index is 13.1. The van der Waals surface area contributed by atoms with Gasteiger partial charge in [-0.25, -0.2) is 0 Å². The van der Waals surface area contributed by atoms with E-state index < -0.39 is 30.1 Å². The van der Waals surface area contributed by atoms with Crippen LogP contribution in [-0.2, 0) is 17.8 Å². The molecule has 0 aliphatic carbocycles. The highest BCUT2D eigenvalue weighted by atomic mass is 19.4. The van der Waals surface area contributed by atoms with Crippen LogP contribution in [0.1, 0.15) is 11.1 Å². The Labute approximate surface area is 168 Å².